The molecule has 1 aliphatic heterocycles. The summed E-state index contributed by atoms with van der Waals surface area (Å²) in [6, 6.07) is 17.9. The van der Waals surface area contributed by atoms with Crippen molar-refractivity contribution in [2.45, 2.75) is 11.3 Å². The molecule has 0 unspecified atom stereocenters. The van der Waals surface area contributed by atoms with Gasteiger partial charge in [0.15, 0.2) is 6.61 Å². The second-order valence-electron chi connectivity index (χ2n) is 7.11. The number of esters is 1. The first-order chi connectivity index (χ1) is 15.3. The van der Waals surface area contributed by atoms with E-state index in [4.69, 9.17) is 4.74 Å². The molecule has 4 rings (SSSR count). The fraction of sp³-hybridized carbons (Fsp3) is 0.130. The minimum atomic E-state index is -3.87. The predicted molar refractivity (Wildman–Crippen MR) is 116 cm³/mol. The predicted octanol–water partition coefficient (Wildman–Crippen LogP) is 3.37. The Balaban J connectivity index is 1.44. The standard InChI is InChI=1S/C23H19FN2O5S/c24-18-8-10-19(11-9-18)25-22(27)15-31-23(28)17-5-3-6-20(14-17)32(29,30)26-13-12-16-4-1-2-7-21(16)26/h1-11,14H,12-13,15H2,(H,25,27). The first-order valence-corrected chi connectivity index (χ1v) is 11.2. The number of nitrogens with one attached hydrogen (secondary N) is 1. The third-order valence-corrected chi connectivity index (χ3v) is 6.77. The van der Waals surface area contributed by atoms with Gasteiger partial charge in [-0.2, -0.15) is 0 Å². The van der Waals surface area contributed by atoms with Crippen LogP contribution in [0.25, 0.3) is 0 Å². The van der Waals surface area contributed by atoms with Gasteiger partial charge in [-0.05, 0) is 60.5 Å². The van der Waals surface area contributed by atoms with Crippen LogP contribution in [-0.2, 0) is 26.0 Å². The van der Waals surface area contributed by atoms with Gasteiger partial charge in [-0.3, -0.25) is 9.10 Å². The topological polar surface area (TPSA) is 92.8 Å². The molecular weight excluding hydrogens is 435 g/mol. The Morgan fingerprint density at radius 3 is 2.53 bits per heavy atom. The molecule has 3 aromatic carbocycles. The number of halogens is 1. The van der Waals surface area contributed by atoms with E-state index < -0.39 is 34.3 Å². The van der Waals surface area contributed by atoms with Crippen LogP contribution in [-0.4, -0.2) is 33.4 Å². The number of amides is 1. The molecule has 0 aliphatic carbocycles. The first kappa shape index (κ1) is 21.5. The van der Waals surface area contributed by atoms with Gasteiger partial charge in [-0.15, -0.1) is 0 Å². The largest absolute Gasteiger partial charge is 0.452 e. The van der Waals surface area contributed by atoms with Crippen LogP contribution in [0.1, 0.15) is 15.9 Å². The molecule has 3 aromatic rings. The number of hydrogen-bond acceptors (Lipinski definition) is 5. The minimum absolute atomic E-state index is 0.00754. The smallest absolute Gasteiger partial charge is 0.338 e. The SMILES string of the molecule is O=C(COC(=O)c1cccc(S(=O)(=O)N2CCc3ccccc32)c1)Nc1ccc(F)cc1. The van der Waals surface area contributed by atoms with Crippen LogP contribution < -0.4 is 9.62 Å². The fourth-order valence-corrected chi connectivity index (χ4v) is 4.96. The Morgan fingerprint density at radius 1 is 1.00 bits per heavy atom. The zero-order chi connectivity index (χ0) is 22.7. The molecule has 0 saturated heterocycles. The highest BCUT2D eigenvalue weighted by Crippen LogP contribution is 2.32. The molecule has 7 nitrogen and oxygen atoms in total. The van der Waals surface area contributed by atoms with Gasteiger partial charge < -0.3 is 10.1 Å². The van der Waals surface area contributed by atoms with Crippen molar-refractivity contribution < 1.29 is 27.1 Å². The molecule has 0 radical (unpaired) electrons. The van der Waals surface area contributed by atoms with E-state index in [1.807, 2.05) is 12.1 Å². The van der Waals surface area contributed by atoms with Crippen LogP contribution in [0.4, 0.5) is 15.8 Å². The van der Waals surface area contributed by atoms with E-state index in [1.54, 1.807) is 12.1 Å². The lowest BCUT2D eigenvalue weighted by molar-refractivity contribution is -0.119. The third-order valence-electron chi connectivity index (χ3n) is 4.96. The van der Waals surface area contributed by atoms with Gasteiger partial charge in [0.1, 0.15) is 5.82 Å². The lowest BCUT2D eigenvalue weighted by atomic mass is 10.2. The summed E-state index contributed by atoms with van der Waals surface area (Å²) >= 11 is 0. The average Bonchev–Trinajstić information content (AvgIpc) is 3.24. The molecule has 0 bridgehead atoms. The number of sulfonamides is 1. The van der Waals surface area contributed by atoms with E-state index in [9.17, 15) is 22.4 Å². The van der Waals surface area contributed by atoms with E-state index in [2.05, 4.69) is 5.32 Å². The molecule has 9 heteroatoms. The normalized spacial score (nSPS) is 12.8. The highest BCUT2D eigenvalue weighted by atomic mass is 32.2. The van der Waals surface area contributed by atoms with E-state index in [-0.39, 0.29) is 10.5 Å². The van der Waals surface area contributed by atoms with Crippen molar-refractivity contribution in [1.29, 1.82) is 0 Å². The summed E-state index contributed by atoms with van der Waals surface area (Å²) in [5, 5.41) is 2.47. The van der Waals surface area contributed by atoms with Crippen molar-refractivity contribution in [2.75, 3.05) is 22.8 Å². The monoisotopic (exact) mass is 454 g/mol. The molecule has 0 aromatic heterocycles. The maximum atomic E-state index is 13.1. The molecule has 1 heterocycles. The van der Waals surface area contributed by atoms with Gasteiger partial charge in [-0.25, -0.2) is 17.6 Å². The maximum absolute atomic E-state index is 13.1. The quantitative estimate of drug-likeness (QED) is 0.577. The van der Waals surface area contributed by atoms with Gasteiger partial charge >= 0.3 is 5.97 Å². The summed E-state index contributed by atoms with van der Waals surface area (Å²) in [5.74, 6) is -1.89. The number of benzene rings is 3. The van der Waals surface area contributed by atoms with Gasteiger partial charge in [0.25, 0.3) is 15.9 Å². The highest BCUT2D eigenvalue weighted by molar-refractivity contribution is 7.92. The van der Waals surface area contributed by atoms with E-state index in [1.165, 1.54) is 52.8 Å². The van der Waals surface area contributed by atoms with Crippen LogP contribution in [0.15, 0.2) is 77.7 Å². The Kier molecular flexibility index (Phi) is 5.91. The lowest BCUT2D eigenvalue weighted by Gasteiger charge is -2.19. The van der Waals surface area contributed by atoms with E-state index in [0.717, 1.165) is 5.56 Å². The third kappa shape index (κ3) is 4.47. The number of ether oxygens (including phenoxy) is 1. The molecular formula is C23H19FN2O5S. The molecule has 0 spiro atoms. The van der Waals surface area contributed by atoms with Crippen LogP contribution in [0.5, 0.6) is 0 Å². The number of rotatable bonds is 6. The molecule has 1 amide bonds. The van der Waals surface area contributed by atoms with Crippen LogP contribution in [0.2, 0.25) is 0 Å². The number of carbonyl (C=O) groups is 2. The van der Waals surface area contributed by atoms with Crippen molar-refractivity contribution in [3.8, 4) is 0 Å². The van der Waals surface area contributed by atoms with Crippen molar-refractivity contribution in [3.63, 3.8) is 0 Å². The first-order valence-electron chi connectivity index (χ1n) is 9.78. The molecule has 1 aliphatic rings. The fourth-order valence-electron chi connectivity index (χ4n) is 3.41. The van der Waals surface area contributed by atoms with Crippen molar-refractivity contribution in [1.82, 2.24) is 0 Å². The van der Waals surface area contributed by atoms with Crippen LogP contribution in [0, 0.1) is 5.82 Å². The zero-order valence-electron chi connectivity index (χ0n) is 16.8. The Bertz CT molecular complexity index is 1280. The molecule has 0 saturated carbocycles. The summed E-state index contributed by atoms with van der Waals surface area (Å²) in [4.78, 5) is 24.3. The number of fused-ring (bicyclic) bond motifs is 1. The Hall–Kier alpha value is -3.72. The summed E-state index contributed by atoms with van der Waals surface area (Å²) in [7, 11) is -3.87. The number of carbonyl (C=O) groups excluding carboxylic acids is 2. The maximum Gasteiger partial charge on any atom is 0.338 e. The molecule has 1 N–H and O–H groups in total. The minimum Gasteiger partial charge on any atom is -0.452 e. The summed E-state index contributed by atoms with van der Waals surface area (Å²) < 4.78 is 45.5. The average molecular weight is 454 g/mol. The molecule has 32 heavy (non-hydrogen) atoms. The number of para-hydroxylation sites is 1. The van der Waals surface area contributed by atoms with Crippen molar-refractivity contribution in [2.24, 2.45) is 0 Å². The summed E-state index contributed by atoms with van der Waals surface area (Å²) in [6.45, 7) is -0.257. The summed E-state index contributed by atoms with van der Waals surface area (Å²) in [5.41, 5.74) is 1.93. The Labute approximate surface area is 184 Å². The summed E-state index contributed by atoms with van der Waals surface area (Å²) in [6.07, 6.45) is 0.611. The van der Waals surface area contributed by atoms with Gasteiger partial charge in [0.05, 0.1) is 16.1 Å². The second-order valence-corrected chi connectivity index (χ2v) is 8.98. The zero-order valence-corrected chi connectivity index (χ0v) is 17.6. The van der Waals surface area contributed by atoms with Gasteiger partial charge in [-0.1, -0.05) is 24.3 Å². The number of hydrogen-bond donors (Lipinski definition) is 1. The van der Waals surface area contributed by atoms with Crippen molar-refractivity contribution in [3.05, 3.63) is 89.7 Å². The Morgan fingerprint density at radius 2 is 1.75 bits per heavy atom. The van der Waals surface area contributed by atoms with E-state index in [0.29, 0.717) is 24.3 Å². The number of anilines is 2. The number of nitrogens with zero attached hydrogens (tertiary/aromatic N) is 1. The van der Waals surface area contributed by atoms with Gasteiger partial charge in [0, 0.05) is 12.2 Å². The van der Waals surface area contributed by atoms with Crippen molar-refractivity contribution >= 4 is 33.3 Å². The van der Waals surface area contributed by atoms with Gasteiger partial charge in [0.2, 0.25) is 0 Å². The lowest BCUT2D eigenvalue weighted by Crippen LogP contribution is -2.29. The molecule has 0 atom stereocenters. The molecule has 164 valence electrons. The second kappa shape index (κ2) is 8.80. The van der Waals surface area contributed by atoms with Crippen LogP contribution >= 0.6 is 0 Å². The van der Waals surface area contributed by atoms with Crippen LogP contribution in [0.3, 0.4) is 0 Å². The van der Waals surface area contributed by atoms with E-state index >= 15 is 0 Å². The highest BCUT2D eigenvalue weighted by Gasteiger charge is 2.31. The molecule has 0 fully saturated rings.